The van der Waals surface area contributed by atoms with Crippen molar-refractivity contribution in [2.45, 2.75) is 58.5 Å². The molecule has 3 rings (SSSR count). The number of carbonyl (C=O) groups excluding carboxylic acids is 1. The first-order valence-electron chi connectivity index (χ1n) is 8.22. The molecule has 0 amide bonds. The molecule has 0 heterocycles. The largest absolute Gasteiger partial charge is 0.481 e. The van der Waals surface area contributed by atoms with Gasteiger partial charge in [-0.3, -0.25) is 9.59 Å². The summed E-state index contributed by atoms with van der Waals surface area (Å²) in [6.45, 7) is 5.65. The van der Waals surface area contributed by atoms with Crippen molar-refractivity contribution in [1.82, 2.24) is 0 Å². The molecule has 0 radical (unpaired) electrons. The number of carbonyl (C=O) groups is 2. The number of hydrogen-bond donors (Lipinski definition) is 2. The van der Waals surface area contributed by atoms with Crippen molar-refractivity contribution >= 4 is 11.9 Å². The summed E-state index contributed by atoms with van der Waals surface area (Å²) in [6.07, 6.45) is 3.41. The quantitative estimate of drug-likeness (QED) is 0.781. The average molecular weight is 310 g/mol. The highest BCUT2D eigenvalue weighted by molar-refractivity contribution is 5.76. The Bertz CT molecular complexity index is 513. The fourth-order valence-electron chi connectivity index (χ4n) is 5.94. The van der Waals surface area contributed by atoms with Crippen molar-refractivity contribution in [3.05, 3.63) is 0 Å². The maximum Gasteiger partial charge on any atom is 0.309 e. The highest BCUT2D eigenvalue weighted by Crippen LogP contribution is 2.70. The molecule has 3 aliphatic carbocycles. The number of hydrogen-bond acceptors (Lipinski definition) is 4. The van der Waals surface area contributed by atoms with Crippen LogP contribution in [-0.2, 0) is 14.3 Å². The van der Waals surface area contributed by atoms with Crippen LogP contribution in [0.1, 0.15) is 52.9 Å². The van der Waals surface area contributed by atoms with Gasteiger partial charge >= 0.3 is 11.9 Å². The van der Waals surface area contributed by atoms with Gasteiger partial charge in [0.2, 0.25) is 0 Å². The van der Waals surface area contributed by atoms with Crippen LogP contribution in [0.5, 0.6) is 0 Å². The minimum Gasteiger partial charge on any atom is -0.481 e. The second kappa shape index (κ2) is 4.70. The van der Waals surface area contributed by atoms with Gasteiger partial charge < -0.3 is 14.9 Å². The molecule has 3 aliphatic rings. The molecule has 0 spiro atoms. The fraction of sp³-hybridized carbons (Fsp3) is 0.882. The number of aliphatic carboxylic acids is 1. The third-order valence-electron chi connectivity index (χ3n) is 6.71. The Balaban J connectivity index is 1.94. The summed E-state index contributed by atoms with van der Waals surface area (Å²) < 4.78 is 5.09. The number of carboxylic acid groups (broad SMARTS) is 1. The molecule has 5 nitrogen and oxygen atoms in total. The summed E-state index contributed by atoms with van der Waals surface area (Å²) >= 11 is 0. The maximum absolute atomic E-state index is 12.0. The lowest BCUT2D eigenvalue weighted by atomic mass is 9.61. The van der Waals surface area contributed by atoms with Crippen molar-refractivity contribution in [3.8, 4) is 0 Å². The van der Waals surface area contributed by atoms with E-state index in [9.17, 15) is 19.8 Å². The summed E-state index contributed by atoms with van der Waals surface area (Å²) in [6, 6.07) is 0. The second-order valence-electron chi connectivity index (χ2n) is 8.33. The van der Waals surface area contributed by atoms with Crippen LogP contribution in [0.3, 0.4) is 0 Å². The predicted octanol–water partition coefficient (Wildman–Crippen LogP) is 2.22. The molecule has 5 atom stereocenters. The van der Waals surface area contributed by atoms with Crippen LogP contribution in [0, 0.1) is 28.6 Å². The summed E-state index contributed by atoms with van der Waals surface area (Å²) in [5.41, 5.74) is -1.78. The normalized spacial score (nSPS) is 45.4. The van der Waals surface area contributed by atoms with Gasteiger partial charge in [0.15, 0.2) is 0 Å². The van der Waals surface area contributed by atoms with Crippen molar-refractivity contribution in [2.75, 3.05) is 6.61 Å². The van der Waals surface area contributed by atoms with E-state index in [1.807, 2.05) is 0 Å². The molecule has 3 fully saturated rings. The van der Waals surface area contributed by atoms with E-state index in [2.05, 4.69) is 13.8 Å². The molecule has 0 saturated heterocycles. The number of carboxylic acids is 1. The van der Waals surface area contributed by atoms with Gasteiger partial charge in [-0.1, -0.05) is 13.8 Å². The molecule has 5 heteroatoms. The minimum atomic E-state index is -1.07. The molecular formula is C17H26O5. The molecule has 0 aliphatic heterocycles. The minimum absolute atomic E-state index is 0.00527. The maximum atomic E-state index is 12.0. The van der Waals surface area contributed by atoms with Crippen LogP contribution in [0.15, 0.2) is 0 Å². The zero-order valence-corrected chi connectivity index (χ0v) is 13.6. The van der Waals surface area contributed by atoms with Crippen molar-refractivity contribution in [1.29, 1.82) is 0 Å². The van der Waals surface area contributed by atoms with E-state index in [1.165, 1.54) is 6.92 Å². The second-order valence-corrected chi connectivity index (χ2v) is 8.33. The number of esters is 1. The summed E-state index contributed by atoms with van der Waals surface area (Å²) in [4.78, 5) is 23.1. The van der Waals surface area contributed by atoms with Gasteiger partial charge in [-0.15, -0.1) is 0 Å². The van der Waals surface area contributed by atoms with E-state index in [1.54, 1.807) is 0 Å². The first-order chi connectivity index (χ1) is 10.1. The first-order valence-corrected chi connectivity index (χ1v) is 8.22. The van der Waals surface area contributed by atoms with Crippen molar-refractivity contribution in [3.63, 3.8) is 0 Å². The van der Waals surface area contributed by atoms with E-state index in [-0.39, 0.29) is 23.9 Å². The number of rotatable bonds is 3. The highest BCUT2D eigenvalue weighted by Gasteiger charge is 2.70. The molecule has 3 saturated carbocycles. The third-order valence-corrected chi connectivity index (χ3v) is 6.71. The van der Waals surface area contributed by atoms with E-state index >= 15 is 0 Å². The van der Waals surface area contributed by atoms with Crippen molar-refractivity contribution < 1.29 is 24.5 Å². The van der Waals surface area contributed by atoms with Gasteiger partial charge in [-0.2, -0.15) is 0 Å². The van der Waals surface area contributed by atoms with Gasteiger partial charge in [0, 0.05) is 6.92 Å². The first kappa shape index (κ1) is 15.8. The fourth-order valence-corrected chi connectivity index (χ4v) is 5.94. The highest BCUT2D eigenvalue weighted by atomic mass is 16.5. The number of ether oxygens (including phenoxy) is 1. The monoisotopic (exact) mass is 310 g/mol. The lowest BCUT2D eigenvalue weighted by Gasteiger charge is -2.47. The molecule has 0 bridgehead atoms. The predicted molar refractivity (Wildman–Crippen MR) is 79.0 cm³/mol. The van der Waals surface area contributed by atoms with Crippen LogP contribution in [0.2, 0.25) is 0 Å². The lowest BCUT2D eigenvalue weighted by molar-refractivity contribution is -0.168. The topological polar surface area (TPSA) is 83.8 Å². The Morgan fingerprint density at radius 2 is 1.82 bits per heavy atom. The van der Waals surface area contributed by atoms with E-state index in [0.717, 1.165) is 6.42 Å². The van der Waals surface area contributed by atoms with Gasteiger partial charge in [0.05, 0.1) is 5.41 Å². The van der Waals surface area contributed by atoms with Crippen LogP contribution in [0.25, 0.3) is 0 Å². The van der Waals surface area contributed by atoms with E-state index in [4.69, 9.17) is 4.74 Å². The molecule has 124 valence electrons. The van der Waals surface area contributed by atoms with Crippen molar-refractivity contribution in [2.24, 2.45) is 28.6 Å². The van der Waals surface area contributed by atoms with Crippen LogP contribution >= 0.6 is 0 Å². The van der Waals surface area contributed by atoms with Gasteiger partial charge in [0.1, 0.15) is 12.2 Å². The van der Waals surface area contributed by atoms with Gasteiger partial charge in [-0.05, 0) is 55.3 Å². The Morgan fingerprint density at radius 3 is 2.41 bits per heavy atom. The zero-order chi connectivity index (χ0) is 16.3. The smallest absolute Gasteiger partial charge is 0.309 e. The molecule has 0 aromatic heterocycles. The summed E-state index contributed by atoms with van der Waals surface area (Å²) in [5.74, 6) is -0.872. The van der Waals surface area contributed by atoms with Crippen LogP contribution in [-0.4, -0.2) is 34.4 Å². The lowest BCUT2D eigenvalue weighted by Crippen LogP contribution is -2.52. The molecule has 0 aromatic rings. The van der Waals surface area contributed by atoms with Crippen LogP contribution < -0.4 is 0 Å². The molecule has 2 N–H and O–H groups in total. The molecular weight excluding hydrogens is 284 g/mol. The SMILES string of the molecule is CC(=O)OC[C@@]1(O)CC[C@@H]2[C@@H]3[C@H]1CC[C@@]3(C(=O)O)CC2(C)C. The summed E-state index contributed by atoms with van der Waals surface area (Å²) in [5, 5.41) is 20.9. The van der Waals surface area contributed by atoms with Gasteiger partial charge in [0.25, 0.3) is 0 Å². The standard InChI is InChI=1S/C17H26O5/c1-10(18)22-9-17(21)7-5-11-13-12(17)4-6-16(13,14(19)20)8-15(11,2)3/h11-13,21H,4-9H2,1-3H3,(H,19,20)/t11-,12-,13-,16-,17+/m1/s1. The Hall–Kier alpha value is -1.10. The van der Waals surface area contributed by atoms with Crippen LogP contribution in [0.4, 0.5) is 0 Å². The van der Waals surface area contributed by atoms with Gasteiger partial charge in [-0.25, -0.2) is 0 Å². The third kappa shape index (κ3) is 2.01. The zero-order valence-electron chi connectivity index (χ0n) is 13.6. The average Bonchev–Trinajstić information content (AvgIpc) is 2.88. The summed E-state index contributed by atoms with van der Waals surface area (Å²) in [7, 11) is 0. The number of aliphatic hydroxyl groups is 1. The Morgan fingerprint density at radius 1 is 1.18 bits per heavy atom. The molecule has 0 unspecified atom stereocenters. The van der Waals surface area contributed by atoms with E-state index in [0.29, 0.717) is 31.6 Å². The Labute approximate surface area is 131 Å². The Kier molecular flexibility index (Phi) is 3.37. The van der Waals surface area contributed by atoms with E-state index < -0.39 is 23.0 Å². The molecule has 0 aromatic carbocycles. The molecule has 22 heavy (non-hydrogen) atoms.